The van der Waals surface area contributed by atoms with Crippen molar-refractivity contribution < 1.29 is 26.6 Å². The highest BCUT2D eigenvalue weighted by atomic mass is 79.9. The standard InChI is InChI=1S/C27H46O.C19H42N.BrH/c1-18(2)7-6-8-19(3)23-11-12-24-22-10-9-20-17-21(28)13-15-26(20,4)25(22)14-16-27(23,24)5;1-5-6-7-8-9-10-11-12-13-14-15-16-17-18-19-20(2,3)4;/h9,18-19,21-25,28H,6-8,10-17H2,1-5H3;5-19H2,1-4H3;1H/q;+1;/p-1/t19-,21?,22?,23-,24?,25?,26+,27-;;/m1../s1. The molecule has 290 valence electrons. The molecule has 49 heavy (non-hydrogen) atoms. The Bertz CT molecular complexity index is 907. The summed E-state index contributed by atoms with van der Waals surface area (Å²) in [6, 6.07) is 0. The minimum absolute atomic E-state index is 0. The molecule has 4 aliphatic carbocycles. The van der Waals surface area contributed by atoms with Crippen LogP contribution in [0.25, 0.3) is 0 Å². The summed E-state index contributed by atoms with van der Waals surface area (Å²) >= 11 is 0. The van der Waals surface area contributed by atoms with Crippen LogP contribution in [0.15, 0.2) is 11.6 Å². The predicted molar refractivity (Wildman–Crippen MR) is 212 cm³/mol. The predicted octanol–water partition coefficient (Wildman–Crippen LogP) is 10.6. The maximum Gasteiger partial charge on any atom is 0.0780 e. The Labute approximate surface area is 319 Å². The number of nitrogens with zero attached hydrogens (tertiary/aromatic N) is 1. The molecule has 3 saturated carbocycles. The summed E-state index contributed by atoms with van der Waals surface area (Å²) in [5, 5.41) is 10.2. The first-order chi connectivity index (χ1) is 22.8. The highest BCUT2D eigenvalue weighted by Gasteiger charge is 2.59. The molecule has 0 aromatic heterocycles. The SMILES string of the molecule is CC(C)CCC[C@@H](C)[C@H]1CCC2C3CC=C4CC(O)CC[C@]4(C)C3CC[C@@]21C.CCCCCCCCCCCCCCCC[N+](C)(C)C.[Br-]. The van der Waals surface area contributed by atoms with Crippen molar-refractivity contribution in [2.24, 2.45) is 46.3 Å². The fourth-order valence-corrected chi connectivity index (χ4v) is 11.4. The van der Waals surface area contributed by atoms with Gasteiger partial charge in [0.25, 0.3) is 0 Å². The molecule has 2 nitrogen and oxygen atoms in total. The number of quaternary nitrogens is 1. The first-order valence-corrected chi connectivity index (χ1v) is 22.0. The number of hydrogen-bond donors (Lipinski definition) is 1. The lowest BCUT2D eigenvalue weighted by Gasteiger charge is -2.58. The van der Waals surface area contributed by atoms with Gasteiger partial charge in [-0.05, 0) is 111 Å². The molecule has 0 heterocycles. The van der Waals surface area contributed by atoms with E-state index in [1.807, 2.05) is 0 Å². The molecule has 4 rings (SSSR count). The molecular formula is C46H88BrNO. The zero-order valence-electron chi connectivity index (χ0n) is 34.8. The van der Waals surface area contributed by atoms with Gasteiger partial charge in [-0.2, -0.15) is 0 Å². The van der Waals surface area contributed by atoms with Gasteiger partial charge in [-0.15, -0.1) is 0 Å². The molecule has 0 saturated heterocycles. The maximum absolute atomic E-state index is 10.2. The molecule has 4 aliphatic rings. The van der Waals surface area contributed by atoms with Gasteiger partial charge in [0.1, 0.15) is 0 Å². The van der Waals surface area contributed by atoms with Gasteiger partial charge in [-0.25, -0.2) is 0 Å². The number of allylic oxidation sites excluding steroid dienone is 1. The van der Waals surface area contributed by atoms with Crippen molar-refractivity contribution in [3.63, 3.8) is 0 Å². The average molecular weight is 751 g/mol. The Hall–Kier alpha value is 0.140. The molecule has 0 amide bonds. The van der Waals surface area contributed by atoms with Crippen molar-refractivity contribution >= 4 is 0 Å². The third kappa shape index (κ3) is 14.1. The van der Waals surface area contributed by atoms with Gasteiger partial charge in [0, 0.05) is 0 Å². The van der Waals surface area contributed by atoms with Gasteiger partial charge in [-0.3, -0.25) is 0 Å². The van der Waals surface area contributed by atoms with E-state index in [1.54, 1.807) is 5.57 Å². The van der Waals surface area contributed by atoms with E-state index >= 15 is 0 Å². The first kappa shape index (κ1) is 45.3. The molecule has 3 fully saturated rings. The minimum atomic E-state index is -0.0766. The first-order valence-electron chi connectivity index (χ1n) is 22.0. The fourth-order valence-electron chi connectivity index (χ4n) is 11.4. The molecule has 0 aromatic carbocycles. The highest BCUT2D eigenvalue weighted by Crippen LogP contribution is 2.67. The lowest BCUT2D eigenvalue weighted by atomic mass is 9.47. The van der Waals surface area contributed by atoms with Crippen LogP contribution in [0.5, 0.6) is 0 Å². The van der Waals surface area contributed by atoms with Gasteiger partial charge in [-0.1, -0.05) is 150 Å². The monoisotopic (exact) mass is 750 g/mol. The largest absolute Gasteiger partial charge is 1.00 e. The smallest absolute Gasteiger partial charge is 0.0780 e. The van der Waals surface area contributed by atoms with E-state index in [0.29, 0.717) is 10.8 Å². The molecule has 4 unspecified atom stereocenters. The van der Waals surface area contributed by atoms with E-state index in [9.17, 15) is 5.11 Å². The van der Waals surface area contributed by atoms with Crippen LogP contribution in [0.1, 0.15) is 202 Å². The second kappa shape index (κ2) is 22.4. The molecule has 0 bridgehead atoms. The van der Waals surface area contributed by atoms with Crippen molar-refractivity contribution in [2.75, 3.05) is 27.7 Å². The number of aliphatic hydroxyl groups is 1. The van der Waals surface area contributed by atoms with Crippen molar-refractivity contribution in [3.05, 3.63) is 11.6 Å². The van der Waals surface area contributed by atoms with E-state index in [1.165, 1.54) is 154 Å². The van der Waals surface area contributed by atoms with Crippen LogP contribution in [0, 0.1) is 46.3 Å². The fraction of sp³-hybridized carbons (Fsp3) is 0.957. The summed E-state index contributed by atoms with van der Waals surface area (Å²) in [5.74, 6) is 5.46. The summed E-state index contributed by atoms with van der Waals surface area (Å²) in [7, 11) is 6.88. The molecule has 3 heteroatoms. The van der Waals surface area contributed by atoms with Gasteiger partial charge in [0.15, 0.2) is 0 Å². The molecule has 0 radical (unpaired) electrons. The highest BCUT2D eigenvalue weighted by molar-refractivity contribution is 5.25. The average Bonchev–Trinajstić information content (AvgIpc) is 3.38. The van der Waals surface area contributed by atoms with Crippen molar-refractivity contribution in [3.8, 4) is 0 Å². The van der Waals surface area contributed by atoms with Crippen LogP contribution >= 0.6 is 0 Å². The van der Waals surface area contributed by atoms with Gasteiger partial charge >= 0.3 is 0 Å². The van der Waals surface area contributed by atoms with Crippen LogP contribution in [0.4, 0.5) is 0 Å². The molecule has 0 aromatic rings. The molecule has 0 spiro atoms. The second-order valence-electron chi connectivity index (χ2n) is 19.8. The van der Waals surface area contributed by atoms with Crippen LogP contribution in [-0.4, -0.2) is 43.4 Å². The lowest BCUT2D eigenvalue weighted by molar-refractivity contribution is -0.870. The third-order valence-electron chi connectivity index (χ3n) is 14.5. The summed E-state index contributed by atoms with van der Waals surface area (Å²) in [6.45, 7) is 16.2. The van der Waals surface area contributed by atoms with E-state index in [0.717, 1.165) is 52.8 Å². The number of aliphatic hydroxyl groups excluding tert-OH is 1. The van der Waals surface area contributed by atoms with Gasteiger partial charge in [0.05, 0.1) is 33.8 Å². The Morgan fingerprint density at radius 1 is 0.714 bits per heavy atom. The van der Waals surface area contributed by atoms with Crippen LogP contribution in [0.2, 0.25) is 0 Å². The molecule has 0 aliphatic heterocycles. The molecule has 1 N–H and O–H groups in total. The summed E-state index contributed by atoms with van der Waals surface area (Å²) in [5.41, 5.74) is 2.60. The Kier molecular flexibility index (Phi) is 20.7. The Balaban J connectivity index is 0.000000355. The van der Waals surface area contributed by atoms with Gasteiger partial charge in [0.2, 0.25) is 0 Å². The molecule has 8 atom stereocenters. The number of hydrogen-bond acceptors (Lipinski definition) is 1. The quantitative estimate of drug-likeness (QED) is 0.0746. The second-order valence-corrected chi connectivity index (χ2v) is 19.8. The lowest BCUT2D eigenvalue weighted by Crippen LogP contribution is -3.00. The number of rotatable bonds is 20. The van der Waals surface area contributed by atoms with Crippen LogP contribution in [-0.2, 0) is 0 Å². The van der Waals surface area contributed by atoms with Crippen molar-refractivity contribution in [2.45, 2.75) is 208 Å². The van der Waals surface area contributed by atoms with Gasteiger partial charge < -0.3 is 26.6 Å². The summed E-state index contributed by atoms with van der Waals surface area (Å²) in [4.78, 5) is 0. The zero-order valence-corrected chi connectivity index (χ0v) is 36.4. The van der Waals surface area contributed by atoms with Crippen LogP contribution in [0.3, 0.4) is 0 Å². The van der Waals surface area contributed by atoms with Crippen molar-refractivity contribution in [1.29, 1.82) is 0 Å². The van der Waals surface area contributed by atoms with Crippen LogP contribution < -0.4 is 17.0 Å². The van der Waals surface area contributed by atoms with Crippen molar-refractivity contribution in [1.82, 2.24) is 0 Å². The van der Waals surface area contributed by atoms with E-state index in [-0.39, 0.29) is 23.1 Å². The summed E-state index contributed by atoms with van der Waals surface area (Å²) in [6.07, 6.45) is 37.5. The Morgan fingerprint density at radius 3 is 1.84 bits per heavy atom. The van der Waals surface area contributed by atoms with E-state index < -0.39 is 0 Å². The maximum atomic E-state index is 10.2. The van der Waals surface area contributed by atoms with E-state index in [2.05, 4.69) is 68.8 Å². The topological polar surface area (TPSA) is 20.2 Å². The van der Waals surface area contributed by atoms with E-state index in [4.69, 9.17) is 0 Å². The summed E-state index contributed by atoms with van der Waals surface area (Å²) < 4.78 is 1.12. The zero-order chi connectivity index (χ0) is 35.2. The third-order valence-corrected chi connectivity index (χ3v) is 14.5. The molecular weight excluding hydrogens is 662 g/mol. The number of halogens is 1. The number of fused-ring (bicyclic) bond motifs is 5. The minimum Gasteiger partial charge on any atom is -1.00 e. The number of unbranched alkanes of at least 4 members (excludes halogenated alkanes) is 13. The Morgan fingerprint density at radius 2 is 1.29 bits per heavy atom. The normalized spacial score (nSPS) is 31.5.